The van der Waals surface area contributed by atoms with Crippen molar-refractivity contribution < 1.29 is 0 Å². The predicted molar refractivity (Wildman–Crippen MR) is 109 cm³/mol. The Morgan fingerprint density at radius 1 is 0.458 bits per heavy atom. The number of fused-ring (bicyclic) bond motifs is 2. The van der Waals surface area contributed by atoms with Crippen LogP contribution in [0.5, 0.6) is 0 Å². The van der Waals surface area contributed by atoms with Gasteiger partial charge in [-0.25, -0.2) is 0 Å². The number of hydrogen-bond acceptors (Lipinski definition) is 0. The fourth-order valence-electron chi connectivity index (χ4n) is 2.88. The second kappa shape index (κ2) is 6.43. The maximum absolute atomic E-state index is 3.61. The van der Waals surface area contributed by atoms with E-state index in [2.05, 4.69) is 104 Å². The van der Waals surface area contributed by atoms with Gasteiger partial charge in [0.25, 0.3) is 0 Å². The fourth-order valence-corrected chi connectivity index (χ4v) is 3.83. The van der Waals surface area contributed by atoms with Crippen molar-refractivity contribution in [3.8, 4) is 11.8 Å². The van der Waals surface area contributed by atoms with Crippen LogP contribution in [0.25, 0.3) is 21.5 Å². The Morgan fingerprint density at radius 3 is 1.25 bits per heavy atom. The van der Waals surface area contributed by atoms with Gasteiger partial charge in [-0.1, -0.05) is 92.2 Å². The van der Waals surface area contributed by atoms with Crippen molar-refractivity contribution in [2.75, 3.05) is 0 Å². The predicted octanol–water partition coefficient (Wildman–Crippen LogP) is 6.92. The van der Waals surface area contributed by atoms with Gasteiger partial charge >= 0.3 is 0 Å². The van der Waals surface area contributed by atoms with Crippen LogP contribution < -0.4 is 0 Å². The molecule has 0 saturated heterocycles. The summed E-state index contributed by atoms with van der Waals surface area (Å²) < 4.78 is 2.19. The molecular weight excluding hydrogens is 424 g/mol. The van der Waals surface area contributed by atoms with Gasteiger partial charge in [0.05, 0.1) is 0 Å². The zero-order chi connectivity index (χ0) is 16.5. The van der Waals surface area contributed by atoms with Crippen LogP contribution in [0.15, 0.2) is 81.7 Å². The van der Waals surface area contributed by atoms with Gasteiger partial charge in [-0.15, -0.1) is 0 Å². The molecule has 0 heterocycles. The van der Waals surface area contributed by atoms with Gasteiger partial charge in [0.15, 0.2) is 0 Å². The molecular formula is C22H12Br2. The average molecular weight is 436 g/mol. The standard InChI is InChI=1S/C22H12Br2/c23-21-13-11-15(17-5-1-3-7-19(17)21)9-10-16-12-14-22(24)20-8-4-2-6-18(16)20/h1-8,11-14H. The SMILES string of the molecule is Brc1ccc(C#Cc2ccc(Br)c3ccccc23)c2ccccc12. The summed E-state index contributed by atoms with van der Waals surface area (Å²) in [7, 11) is 0. The number of rotatable bonds is 0. The van der Waals surface area contributed by atoms with Crippen molar-refractivity contribution in [1.29, 1.82) is 0 Å². The number of hydrogen-bond donors (Lipinski definition) is 0. The Morgan fingerprint density at radius 2 is 0.833 bits per heavy atom. The Labute approximate surface area is 157 Å². The van der Waals surface area contributed by atoms with Gasteiger partial charge in [0, 0.05) is 20.1 Å². The van der Waals surface area contributed by atoms with Crippen LogP contribution >= 0.6 is 31.9 Å². The molecule has 0 radical (unpaired) electrons. The third-order valence-electron chi connectivity index (χ3n) is 4.07. The van der Waals surface area contributed by atoms with E-state index in [1.807, 2.05) is 12.1 Å². The smallest absolute Gasteiger partial charge is 0.0328 e. The van der Waals surface area contributed by atoms with Crippen LogP contribution in [-0.4, -0.2) is 0 Å². The maximum Gasteiger partial charge on any atom is 0.0328 e. The normalized spacial score (nSPS) is 10.6. The second-order valence-corrected chi connectivity index (χ2v) is 7.24. The summed E-state index contributed by atoms with van der Waals surface area (Å²) in [4.78, 5) is 0. The maximum atomic E-state index is 3.61. The lowest BCUT2D eigenvalue weighted by Gasteiger charge is -2.04. The van der Waals surface area contributed by atoms with Gasteiger partial charge in [0.2, 0.25) is 0 Å². The van der Waals surface area contributed by atoms with Crippen LogP contribution in [0.3, 0.4) is 0 Å². The van der Waals surface area contributed by atoms with E-state index in [1.165, 1.54) is 21.5 Å². The first-order valence-electron chi connectivity index (χ1n) is 7.60. The molecule has 4 rings (SSSR count). The molecule has 2 heteroatoms. The molecule has 0 fully saturated rings. The molecule has 0 aliphatic carbocycles. The molecule has 0 aromatic heterocycles. The summed E-state index contributed by atoms with van der Waals surface area (Å²) in [5, 5.41) is 4.71. The highest BCUT2D eigenvalue weighted by Crippen LogP contribution is 2.28. The molecule has 0 nitrogen and oxygen atoms in total. The van der Waals surface area contributed by atoms with Crippen molar-refractivity contribution in [1.82, 2.24) is 0 Å². The van der Waals surface area contributed by atoms with Crippen molar-refractivity contribution in [2.24, 2.45) is 0 Å². The Balaban J connectivity index is 1.90. The summed E-state index contributed by atoms with van der Waals surface area (Å²) in [6.45, 7) is 0. The van der Waals surface area contributed by atoms with E-state index in [9.17, 15) is 0 Å². The number of benzene rings is 4. The summed E-state index contributed by atoms with van der Waals surface area (Å²) in [6.07, 6.45) is 0. The molecule has 0 bridgehead atoms. The minimum Gasteiger partial charge on any atom is -0.0616 e. The molecule has 24 heavy (non-hydrogen) atoms. The lowest BCUT2D eigenvalue weighted by Crippen LogP contribution is -1.83. The first-order valence-corrected chi connectivity index (χ1v) is 9.19. The van der Waals surface area contributed by atoms with Gasteiger partial charge in [-0.3, -0.25) is 0 Å². The van der Waals surface area contributed by atoms with Crippen molar-refractivity contribution in [2.45, 2.75) is 0 Å². The van der Waals surface area contributed by atoms with Gasteiger partial charge < -0.3 is 0 Å². The zero-order valence-corrected chi connectivity index (χ0v) is 15.9. The fraction of sp³-hybridized carbons (Fsp3) is 0. The molecule has 4 aromatic carbocycles. The third kappa shape index (κ3) is 2.75. The van der Waals surface area contributed by atoms with Crippen molar-refractivity contribution in [3.05, 3.63) is 92.9 Å². The van der Waals surface area contributed by atoms with E-state index in [1.54, 1.807) is 0 Å². The summed E-state index contributed by atoms with van der Waals surface area (Å²) in [5.74, 6) is 6.71. The zero-order valence-electron chi connectivity index (χ0n) is 12.7. The van der Waals surface area contributed by atoms with E-state index in [0.717, 1.165) is 20.1 Å². The third-order valence-corrected chi connectivity index (χ3v) is 5.46. The Hall–Kier alpha value is -2.08. The molecule has 0 N–H and O–H groups in total. The summed E-state index contributed by atoms with van der Waals surface area (Å²) in [6, 6.07) is 24.9. The average Bonchev–Trinajstić information content (AvgIpc) is 2.63. The van der Waals surface area contributed by atoms with Crippen LogP contribution in [-0.2, 0) is 0 Å². The molecule has 0 aliphatic heterocycles. The Bertz CT molecular complexity index is 1040. The molecule has 0 amide bonds. The van der Waals surface area contributed by atoms with E-state index < -0.39 is 0 Å². The monoisotopic (exact) mass is 434 g/mol. The minimum atomic E-state index is 1.04. The van der Waals surface area contributed by atoms with E-state index >= 15 is 0 Å². The molecule has 4 aromatic rings. The number of halogens is 2. The molecule has 0 aliphatic rings. The minimum absolute atomic E-state index is 1.04. The Kier molecular flexibility index (Phi) is 4.14. The topological polar surface area (TPSA) is 0 Å². The molecule has 0 spiro atoms. The van der Waals surface area contributed by atoms with Crippen LogP contribution in [0, 0.1) is 11.8 Å². The quantitative estimate of drug-likeness (QED) is 0.263. The first kappa shape index (κ1) is 15.4. The molecule has 0 atom stereocenters. The lowest BCUT2D eigenvalue weighted by atomic mass is 10.0. The largest absolute Gasteiger partial charge is 0.0616 e. The highest BCUT2D eigenvalue weighted by Gasteiger charge is 2.03. The van der Waals surface area contributed by atoms with Crippen LogP contribution in [0.1, 0.15) is 11.1 Å². The molecule has 114 valence electrons. The molecule has 0 saturated carbocycles. The van der Waals surface area contributed by atoms with Crippen LogP contribution in [0.2, 0.25) is 0 Å². The van der Waals surface area contributed by atoms with Crippen LogP contribution in [0.4, 0.5) is 0 Å². The summed E-state index contributed by atoms with van der Waals surface area (Å²) in [5.41, 5.74) is 2.08. The first-order chi connectivity index (χ1) is 11.7. The van der Waals surface area contributed by atoms with Crippen molar-refractivity contribution in [3.63, 3.8) is 0 Å². The van der Waals surface area contributed by atoms with Gasteiger partial charge in [-0.2, -0.15) is 0 Å². The second-order valence-electron chi connectivity index (χ2n) is 5.53. The lowest BCUT2D eigenvalue weighted by molar-refractivity contribution is 1.65. The van der Waals surface area contributed by atoms with E-state index in [4.69, 9.17) is 0 Å². The van der Waals surface area contributed by atoms with E-state index in [-0.39, 0.29) is 0 Å². The van der Waals surface area contributed by atoms with E-state index in [0.29, 0.717) is 0 Å². The van der Waals surface area contributed by atoms with Gasteiger partial charge in [-0.05, 0) is 45.8 Å². The molecule has 0 unspecified atom stereocenters. The van der Waals surface area contributed by atoms with Gasteiger partial charge in [0.1, 0.15) is 0 Å². The summed E-state index contributed by atoms with van der Waals surface area (Å²) >= 11 is 7.23. The highest BCUT2D eigenvalue weighted by atomic mass is 79.9. The highest BCUT2D eigenvalue weighted by molar-refractivity contribution is 9.11. The van der Waals surface area contributed by atoms with Crippen molar-refractivity contribution >= 4 is 53.4 Å².